The van der Waals surface area contributed by atoms with Gasteiger partial charge in [-0.2, -0.15) is 0 Å². The second-order valence-corrected chi connectivity index (χ2v) is 6.08. The Balaban J connectivity index is 1.81. The molecule has 0 bridgehead atoms. The molecule has 2 N–H and O–H groups in total. The Morgan fingerprint density at radius 1 is 1.07 bits per heavy atom. The number of nitrogens with zero attached hydrogens (tertiary/aromatic N) is 1. The Morgan fingerprint density at radius 3 is 2.61 bits per heavy atom. The van der Waals surface area contributed by atoms with Crippen molar-refractivity contribution in [3.8, 4) is 0 Å². The van der Waals surface area contributed by atoms with E-state index in [0.717, 1.165) is 0 Å². The molecule has 0 saturated carbocycles. The summed E-state index contributed by atoms with van der Waals surface area (Å²) in [5, 5.41) is 5.87. The lowest BCUT2D eigenvalue weighted by Crippen LogP contribution is -2.14. The molecule has 0 fully saturated rings. The van der Waals surface area contributed by atoms with Crippen LogP contribution in [0.25, 0.3) is 0 Å². The molecule has 0 unspecified atom stereocenters. The summed E-state index contributed by atoms with van der Waals surface area (Å²) >= 11 is 6.17. The standard InChI is InChI=1S/C20H15ClFN3O3/c1-28-20(27)12-6-7-14(21)17(10-12)24-13-8-9-23-18(11-13)19(26)25-16-5-3-2-4-15(16)22/h2-11H,1H3,(H,23,24)(H,25,26). The first kappa shape index (κ1) is 19.3. The Kier molecular flexibility index (Phi) is 5.86. The van der Waals surface area contributed by atoms with Gasteiger partial charge in [0.25, 0.3) is 5.91 Å². The molecule has 1 heterocycles. The first-order chi connectivity index (χ1) is 13.5. The van der Waals surface area contributed by atoms with Crippen molar-refractivity contribution in [1.29, 1.82) is 0 Å². The number of esters is 1. The van der Waals surface area contributed by atoms with Gasteiger partial charge in [-0.05, 0) is 42.5 Å². The second kappa shape index (κ2) is 8.49. The molecule has 28 heavy (non-hydrogen) atoms. The highest BCUT2D eigenvalue weighted by atomic mass is 35.5. The SMILES string of the molecule is COC(=O)c1ccc(Cl)c(Nc2ccnc(C(=O)Nc3ccccc3F)c2)c1. The third-order valence-corrected chi connectivity index (χ3v) is 4.11. The molecule has 0 saturated heterocycles. The molecule has 0 aliphatic carbocycles. The van der Waals surface area contributed by atoms with Gasteiger partial charge in [0.05, 0.1) is 29.1 Å². The zero-order valence-corrected chi connectivity index (χ0v) is 15.5. The van der Waals surface area contributed by atoms with E-state index < -0.39 is 17.7 Å². The maximum Gasteiger partial charge on any atom is 0.337 e. The maximum atomic E-state index is 13.7. The van der Waals surface area contributed by atoms with Gasteiger partial charge in [-0.15, -0.1) is 0 Å². The molecule has 3 aromatic rings. The lowest BCUT2D eigenvalue weighted by Gasteiger charge is -2.11. The molecule has 0 atom stereocenters. The van der Waals surface area contributed by atoms with Crippen LogP contribution in [0.2, 0.25) is 5.02 Å². The number of carbonyl (C=O) groups excluding carboxylic acids is 2. The zero-order valence-electron chi connectivity index (χ0n) is 14.7. The Morgan fingerprint density at radius 2 is 1.86 bits per heavy atom. The number of nitrogens with one attached hydrogen (secondary N) is 2. The van der Waals surface area contributed by atoms with Crippen molar-refractivity contribution < 1.29 is 18.7 Å². The summed E-state index contributed by atoms with van der Waals surface area (Å²) in [4.78, 5) is 28.1. The van der Waals surface area contributed by atoms with Gasteiger partial charge in [0.15, 0.2) is 0 Å². The summed E-state index contributed by atoms with van der Waals surface area (Å²) in [5.41, 5.74) is 1.42. The van der Waals surface area contributed by atoms with E-state index in [1.807, 2.05) is 0 Å². The minimum absolute atomic E-state index is 0.0569. The summed E-state index contributed by atoms with van der Waals surface area (Å²) in [6.07, 6.45) is 1.43. The van der Waals surface area contributed by atoms with Crippen molar-refractivity contribution in [1.82, 2.24) is 4.98 Å². The van der Waals surface area contributed by atoms with Crippen LogP contribution in [0.1, 0.15) is 20.8 Å². The average Bonchev–Trinajstić information content (AvgIpc) is 2.71. The van der Waals surface area contributed by atoms with Crippen molar-refractivity contribution in [2.45, 2.75) is 0 Å². The Hall–Kier alpha value is -3.45. The maximum absolute atomic E-state index is 13.7. The highest BCUT2D eigenvalue weighted by molar-refractivity contribution is 6.33. The third-order valence-electron chi connectivity index (χ3n) is 3.78. The zero-order chi connectivity index (χ0) is 20.1. The molecule has 6 nitrogen and oxygen atoms in total. The van der Waals surface area contributed by atoms with Crippen LogP contribution in [0.5, 0.6) is 0 Å². The molecule has 2 aromatic carbocycles. The summed E-state index contributed by atoms with van der Waals surface area (Å²) in [7, 11) is 1.29. The number of anilines is 3. The number of aromatic nitrogens is 1. The summed E-state index contributed by atoms with van der Waals surface area (Å²) in [5.74, 6) is -1.61. The fourth-order valence-electron chi connectivity index (χ4n) is 2.40. The van der Waals surface area contributed by atoms with E-state index in [9.17, 15) is 14.0 Å². The summed E-state index contributed by atoms with van der Waals surface area (Å²) in [6.45, 7) is 0. The highest BCUT2D eigenvalue weighted by Crippen LogP contribution is 2.27. The van der Waals surface area contributed by atoms with Crippen molar-refractivity contribution in [3.05, 3.63) is 82.9 Å². The summed E-state index contributed by atoms with van der Waals surface area (Å²) < 4.78 is 18.4. The normalized spacial score (nSPS) is 10.2. The van der Waals surface area contributed by atoms with Gasteiger partial charge >= 0.3 is 5.97 Å². The van der Waals surface area contributed by atoms with Crippen LogP contribution in [0, 0.1) is 5.82 Å². The molecule has 3 rings (SSSR count). The molecule has 1 aromatic heterocycles. The van der Waals surface area contributed by atoms with Crippen LogP contribution in [-0.2, 0) is 4.74 Å². The molecule has 0 spiro atoms. The van der Waals surface area contributed by atoms with Crippen LogP contribution in [0.4, 0.5) is 21.5 Å². The van der Waals surface area contributed by atoms with Gasteiger partial charge in [0.2, 0.25) is 0 Å². The molecular formula is C20H15ClFN3O3. The first-order valence-electron chi connectivity index (χ1n) is 8.15. The van der Waals surface area contributed by atoms with Gasteiger partial charge < -0.3 is 15.4 Å². The number of para-hydroxylation sites is 1. The Labute approximate surface area is 165 Å². The lowest BCUT2D eigenvalue weighted by atomic mass is 10.2. The van der Waals surface area contributed by atoms with E-state index in [4.69, 9.17) is 16.3 Å². The van der Waals surface area contributed by atoms with Crippen molar-refractivity contribution in [2.24, 2.45) is 0 Å². The number of amides is 1. The number of methoxy groups -OCH3 is 1. The molecule has 142 valence electrons. The lowest BCUT2D eigenvalue weighted by molar-refractivity contribution is 0.0600. The molecule has 0 aliphatic rings. The third kappa shape index (κ3) is 4.44. The monoisotopic (exact) mass is 399 g/mol. The largest absolute Gasteiger partial charge is 0.465 e. The topological polar surface area (TPSA) is 80.3 Å². The van der Waals surface area contributed by atoms with E-state index >= 15 is 0 Å². The van der Waals surface area contributed by atoms with Crippen molar-refractivity contribution in [2.75, 3.05) is 17.7 Å². The quantitative estimate of drug-likeness (QED) is 0.610. The number of pyridine rings is 1. The molecule has 0 aliphatic heterocycles. The number of ether oxygens (including phenoxy) is 1. The van der Waals surface area contributed by atoms with Crippen LogP contribution < -0.4 is 10.6 Å². The van der Waals surface area contributed by atoms with E-state index in [1.165, 1.54) is 43.6 Å². The van der Waals surface area contributed by atoms with Gasteiger partial charge in [0, 0.05) is 11.9 Å². The number of hydrogen-bond donors (Lipinski definition) is 2. The fourth-order valence-corrected chi connectivity index (χ4v) is 2.57. The first-order valence-corrected chi connectivity index (χ1v) is 8.52. The fraction of sp³-hybridized carbons (Fsp3) is 0.0500. The number of benzene rings is 2. The minimum Gasteiger partial charge on any atom is -0.465 e. The van der Waals surface area contributed by atoms with Gasteiger partial charge in [-0.25, -0.2) is 9.18 Å². The average molecular weight is 400 g/mol. The van der Waals surface area contributed by atoms with E-state index in [1.54, 1.807) is 24.3 Å². The van der Waals surface area contributed by atoms with E-state index in [-0.39, 0.29) is 11.4 Å². The van der Waals surface area contributed by atoms with Crippen molar-refractivity contribution in [3.63, 3.8) is 0 Å². The Bertz CT molecular complexity index is 1040. The van der Waals surface area contributed by atoms with Crippen LogP contribution >= 0.6 is 11.6 Å². The highest BCUT2D eigenvalue weighted by Gasteiger charge is 2.13. The predicted octanol–water partition coefficient (Wildman–Crippen LogP) is 4.66. The minimum atomic E-state index is -0.567. The second-order valence-electron chi connectivity index (χ2n) is 5.67. The number of carbonyl (C=O) groups is 2. The smallest absolute Gasteiger partial charge is 0.337 e. The molecule has 0 radical (unpaired) electrons. The van der Waals surface area contributed by atoms with Crippen LogP contribution in [-0.4, -0.2) is 24.0 Å². The summed E-state index contributed by atoms with van der Waals surface area (Å²) in [6, 6.07) is 13.6. The molecular weight excluding hydrogens is 385 g/mol. The van der Waals surface area contributed by atoms with E-state index in [2.05, 4.69) is 15.6 Å². The van der Waals surface area contributed by atoms with E-state index in [0.29, 0.717) is 22.0 Å². The van der Waals surface area contributed by atoms with Crippen LogP contribution in [0.3, 0.4) is 0 Å². The number of hydrogen-bond acceptors (Lipinski definition) is 5. The van der Waals surface area contributed by atoms with Gasteiger partial charge in [0.1, 0.15) is 11.5 Å². The van der Waals surface area contributed by atoms with Gasteiger partial charge in [-0.3, -0.25) is 9.78 Å². The predicted molar refractivity (Wildman–Crippen MR) is 105 cm³/mol. The van der Waals surface area contributed by atoms with Gasteiger partial charge in [-0.1, -0.05) is 23.7 Å². The molecule has 8 heteroatoms. The van der Waals surface area contributed by atoms with Crippen LogP contribution in [0.15, 0.2) is 60.8 Å². The number of halogens is 2. The molecule has 1 amide bonds. The number of rotatable bonds is 5. The van der Waals surface area contributed by atoms with Crippen molar-refractivity contribution >= 4 is 40.5 Å².